The zero-order valence-corrected chi connectivity index (χ0v) is 13.9. The summed E-state index contributed by atoms with van der Waals surface area (Å²) in [4.78, 5) is 26.4. The molecule has 0 saturated carbocycles. The summed E-state index contributed by atoms with van der Waals surface area (Å²) in [5.74, 6) is 1.65. The minimum atomic E-state index is -0.0579. The molecule has 0 bridgehead atoms. The van der Waals surface area contributed by atoms with Gasteiger partial charge in [0.2, 0.25) is 11.9 Å². The number of piperidine rings is 1. The lowest BCUT2D eigenvalue weighted by atomic mass is 9.96. The zero-order chi connectivity index (χ0) is 17.8. The SMILES string of the molecule is O=C(Nc1ncccn1)C1CCN(c2ccc(-n3cncn3)nn2)CC1. The molecule has 0 unspecified atom stereocenters. The average molecular weight is 351 g/mol. The molecule has 3 aromatic heterocycles. The maximum absolute atomic E-state index is 12.3. The molecule has 1 fully saturated rings. The standard InChI is InChI=1S/C16H17N9O/c26-15(21-16-18-6-1-7-19-16)12-4-8-24(9-5-12)13-2-3-14(23-22-13)25-11-17-10-20-25/h1-3,6-7,10-12H,4-5,8-9H2,(H,18,19,21,26). The van der Waals surface area contributed by atoms with Crippen molar-refractivity contribution >= 4 is 17.7 Å². The Morgan fingerprint density at radius 2 is 1.81 bits per heavy atom. The maximum atomic E-state index is 12.3. The number of rotatable bonds is 4. The van der Waals surface area contributed by atoms with Gasteiger partial charge in [-0.1, -0.05) is 0 Å². The Labute approximate surface area is 149 Å². The highest BCUT2D eigenvalue weighted by molar-refractivity contribution is 5.91. The van der Waals surface area contributed by atoms with Gasteiger partial charge >= 0.3 is 0 Å². The summed E-state index contributed by atoms with van der Waals surface area (Å²) in [7, 11) is 0. The van der Waals surface area contributed by atoms with Gasteiger partial charge in [0.05, 0.1) is 0 Å². The van der Waals surface area contributed by atoms with E-state index in [9.17, 15) is 4.79 Å². The summed E-state index contributed by atoms with van der Waals surface area (Å²) < 4.78 is 1.55. The summed E-state index contributed by atoms with van der Waals surface area (Å²) in [5.41, 5.74) is 0. The van der Waals surface area contributed by atoms with Crippen LogP contribution < -0.4 is 10.2 Å². The van der Waals surface area contributed by atoms with Crippen molar-refractivity contribution in [2.45, 2.75) is 12.8 Å². The van der Waals surface area contributed by atoms with Crippen LogP contribution in [0.25, 0.3) is 5.82 Å². The topological polar surface area (TPSA) is 115 Å². The van der Waals surface area contributed by atoms with Crippen molar-refractivity contribution in [3.8, 4) is 5.82 Å². The highest BCUT2D eigenvalue weighted by atomic mass is 16.2. The van der Waals surface area contributed by atoms with Gasteiger partial charge in [0.25, 0.3) is 0 Å². The van der Waals surface area contributed by atoms with E-state index >= 15 is 0 Å². The largest absolute Gasteiger partial charge is 0.355 e. The molecule has 132 valence electrons. The van der Waals surface area contributed by atoms with E-state index in [1.807, 2.05) is 12.1 Å². The molecule has 10 nitrogen and oxygen atoms in total. The minimum absolute atomic E-state index is 0.0385. The number of amides is 1. The van der Waals surface area contributed by atoms with Crippen LogP contribution in [0.15, 0.2) is 43.2 Å². The quantitative estimate of drug-likeness (QED) is 0.730. The number of nitrogens with one attached hydrogen (secondary N) is 1. The van der Waals surface area contributed by atoms with Crippen LogP contribution in [-0.2, 0) is 4.79 Å². The molecule has 0 radical (unpaired) electrons. The number of nitrogens with zero attached hydrogens (tertiary/aromatic N) is 8. The van der Waals surface area contributed by atoms with Gasteiger partial charge in [0.1, 0.15) is 12.7 Å². The molecule has 0 aromatic carbocycles. The van der Waals surface area contributed by atoms with Crippen LogP contribution in [0.2, 0.25) is 0 Å². The number of carbonyl (C=O) groups excluding carboxylic acids is 1. The first-order valence-corrected chi connectivity index (χ1v) is 8.31. The van der Waals surface area contributed by atoms with Crippen LogP contribution >= 0.6 is 0 Å². The lowest BCUT2D eigenvalue weighted by Gasteiger charge is -2.31. The molecule has 4 heterocycles. The van der Waals surface area contributed by atoms with Crippen molar-refractivity contribution in [3.05, 3.63) is 43.2 Å². The Bertz CT molecular complexity index is 843. The molecule has 1 N–H and O–H groups in total. The van der Waals surface area contributed by atoms with Crippen LogP contribution in [0.1, 0.15) is 12.8 Å². The van der Waals surface area contributed by atoms with Gasteiger partial charge in [-0.3, -0.25) is 10.1 Å². The molecular weight excluding hydrogens is 334 g/mol. The number of carbonyl (C=O) groups is 1. The van der Waals surface area contributed by atoms with Gasteiger partial charge in [-0.25, -0.2) is 19.6 Å². The molecular formula is C16H17N9O. The molecule has 0 spiro atoms. The van der Waals surface area contributed by atoms with Gasteiger partial charge in [-0.05, 0) is 31.0 Å². The molecule has 1 aliphatic rings. The fourth-order valence-corrected chi connectivity index (χ4v) is 2.88. The maximum Gasteiger partial charge on any atom is 0.229 e. The minimum Gasteiger partial charge on any atom is -0.355 e. The Hall–Kier alpha value is -3.43. The van der Waals surface area contributed by atoms with Crippen LogP contribution in [0.3, 0.4) is 0 Å². The summed E-state index contributed by atoms with van der Waals surface area (Å²) in [6.07, 6.45) is 7.71. The smallest absolute Gasteiger partial charge is 0.229 e. The van der Waals surface area contributed by atoms with E-state index in [2.05, 4.69) is 40.5 Å². The second kappa shape index (κ2) is 7.21. The van der Waals surface area contributed by atoms with Crippen LogP contribution in [-0.4, -0.2) is 53.9 Å². The van der Waals surface area contributed by atoms with Crippen molar-refractivity contribution < 1.29 is 4.79 Å². The van der Waals surface area contributed by atoms with E-state index in [-0.39, 0.29) is 11.8 Å². The second-order valence-electron chi connectivity index (χ2n) is 5.91. The van der Waals surface area contributed by atoms with Crippen molar-refractivity contribution in [2.75, 3.05) is 23.3 Å². The zero-order valence-electron chi connectivity index (χ0n) is 13.9. The van der Waals surface area contributed by atoms with Crippen molar-refractivity contribution in [1.82, 2.24) is 34.9 Å². The third kappa shape index (κ3) is 3.48. The van der Waals surface area contributed by atoms with E-state index in [1.54, 1.807) is 29.5 Å². The first-order chi connectivity index (χ1) is 12.8. The first kappa shape index (κ1) is 16.1. The van der Waals surface area contributed by atoms with Gasteiger partial charge in [-0.2, -0.15) is 5.10 Å². The fraction of sp³-hybridized carbons (Fsp3) is 0.312. The third-order valence-electron chi connectivity index (χ3n) is 4.28. The van der Waals surface area contributed by atoms with E-state index in [1.165, 1.54) is 6.33 Å². The molecule has 26 heavy (non-hydrogen) atoms. The van der Waals surface area contributed by atoms with Crippen molar-refractivity contribution in [2.24, 2.45) is 5.92 Å². The lowest BCUT2D eigenvalue weighted by Crippen LogP contribution is -2.38. The van der Waals surface area contributed by atoms with E-state index in [0.29, 0.717) is 11.8 Å². The van der Waals surface area contributed by atoms with Gasteiger partial charge in [0.15, 0.2) is 11.6 Å². The number of hydrogen-bond acceptors (Lipinski definition) is 8. The number of aromatic nitrogens is 7. The average Bonchev–Trinajstić information content (AvgIpc) is 3.24. The molecule has 1 saturated heterocycles. The monoisotopic (exact) mass is 351 g/mol. The highest BCUT2D eigenvalue weighted by Gasteiger charge is 2.26. The van der Waals surface area contributed by atoms with E-state index in [4.69, 9.17) is 0 Å². The highest BCUT2D eigenvalue weighted by Crippen LogP contribution is 2.22. The predicted octanol–water partition coefficient (Wildman–Crippen LogP) is 0.702. The fourth-order valence-electron chi connectivity index (χ4n) is 2.88. The molecule has 4 rings (SSSR count). The third-order valence-corrected chi connectivity index (χ3v) is 4.28. The lowest BCUT2D eigenvalue weighted by molar-refractivity contribution is -0.120. The Morgan fingerprint density at radius 1 is 1.08 bits per heavy atom. The summed E-state index contributed by atoms with van der Waals surface area (Å²) in [6.45, 7) is 1.48. The summed E-state index contributed by atoms with van der Waals surface area (Å²) >= 11 is 0. The molecule has 0 aliphatic carbocycles. The molecule has 10 heteroatoms. The van der Waals surface area contributed by atoms with Gasteiger partial charge in [-0.15, -0.1) is 10.2 Å². The van der Waals surface area contributed by atoms with Crippen LogP contribution in [0.5, 0.6) is 0 Å². The van der Waals surface area contributed by atoms with E-state index < -0.39 is 0 Å². The number of hydrogen-bond donors (Lipinski definition) is 1. The van der Waals surface area contributed by atoms with E-state index in [0.717, 1.165) is 31.7 Å². The Morgan fingerprint density at radius 3 is 2.46 bits per heavy atom. The van der Waals surface area contributed by atoms with Crippen molar-refractivity contribution in [1.29, 1.82) is 0 Å². The van der Waals surface area contributed by atoms with Gasteiger partial charge < -0.3 is 4.90 Å². The van der Waals surface area contributed by atoms with Crippen LogP contribution in [0.4, 0.5) is 11.8 Å². The molecule has 1 amide bonds. The van der Waals surface area contributed by atoms with Gasteiger partial charge in [0, 0.05) is 31.4 Å². The summed E-state index contributed by atoms with van der Waals surface area (Å²) in [6, 6.07) is 5.47. The predicted molar refractivity (Wildman–Crippen MR) is 92.5 cm³/mol. The number of anilines is 2. The Kier molecular flexibility index (Phi) is 4.46. The van der Waals surface area contributed by atoms with Crippen molar-refractivity contribution in [3.63, 3.8) is 0 Å². The second-order valence-corrected chi connectivity index (χ2v) is 5.91. The molecule has 1 aliphatic heterocycles. The molecule has 3 aromatic rings. The first-order valence-electron chi connectivity index (χ1n) is 8.31. The molecule has 0 atom stereocenters. The summed E-state index contributed by atoms with van der Waals surface area (Å²) in [5, 5.41) is 15.2. The van der Waals surface area contributed by atoms with Crippen LogP contribution in [0, 0.1) is 5.92 Å². The Balaban J connectivity index is 1.34. The normalized spacial score (nSPS) is 15.0.